The van der Waals surface area contributed by atoms with Crippen molar-refractivity contribution in [2.75, 3.05) is 0 Å². The first-order valence-electron chi connectivity index (χ1n) is 6.10. The number of hydrogen-bond donors (Lipinski definition) is 1. The van der Waals surface area contributed by atoms with Crippen LogP contribution in [0, 0.1) is 11.8 Å². The molecule has 1 heterocycles. The molecule has 2 atom stereocenters. The van der Waals surface area contributed by atoms with Crippen molar-refractivity contribution in [2.45, 2.75) is 39.2 Å². The van der Waals surface area contributed by atoms with Gasteiger partial charge in [-0.25, -0.2) is 0 Å². The molecule has 0 radical (unpaired) electrons. The van der Waals surface area contributed by atoms with Crippen molar-refractivity contribution in [3.05, 3.63) is 20.8 Å². The van der Waals surface area contributed by atoms with Crippen LogP contribution in [0.4, 0.5) is 0 Å². The summed E-state index contributed by atoms with van der Waals surface area (Å²) in [6.07, 6.45) is 3.51. The van der Waals surface area contributed by atoms with Crippen LogP contribution in [-0.2, 0) is 0 Å². The first-order chi connectivity index (χ1) is 8.06. The highest BCUT2D eigenvalue weighted by atomic mass is 79.9. The Hall–Kier alpha value is -0.350. The van der Waals surface area contributed by atoms with Crippen molar-refractivity contribution in [3.8, 4) is 0 Å². The Morgan fingerprint density at radius 3 is 2.53 bits per heavy atom. The molecule has 0 aromatic carbocycles. The fraction of sp³-hybridized carbons (Fsp3) is 0.615. The van der Waals surface area contributed by atoms with E-state index in [4.69, 9.17) is 0 Å². The lowest BCUT2D eigenvalue weighted by Gasteiger charge is -2.31. The first kappa shape index (κ1) is 13.1. The Morgan fingerprint density at radius 2 is 2.00 bits per heavy atom. The smallest absolute Gasteiger partial charge is 0.262 e. The van der Waals surface area contributed by atoms with E-state index in [0.717, 1.165) is 34.0 Å². The van der Waals surface area contributed by atoms with Crippen molar-refractivity contribution in [1.29, 1.82) is 0 Å². The normalized spacial score (nSPS) is 29.0. The third-order valence-corrected chi connectivity index (χ3v) is 5.17. The van der Waals surface area contributed by atoms with Crippen LogP contribution in [0.1, 0.15) is 42.8 Å². The minimum Gasteiger partial charge on any atom is -0.349 e. The molecule has 1 aromatic rings. The highest BCUT2D eigenvalue weighted by Gasteiger charge is 2.25. The second-order valence-corrected chi connectivity index (χ2v) is 6.96. The van der Waals surface area contributed by atoms with E-state index in [1.807, 2.05) is 11.4 Å². The van der Waals surface area contributed by atoms with E-state index < -0.39 is 0 Å². The van der Waals surface area contributed by atoms with E-state index in [1.165, 1.54) is 17.8 Å². The van der Waals surface area contributed by atoms with E-state index in [9.17, 15) is 4.79 Å². The maximum atomic E-state index is 12.1. The second kappa shape index (κ2) is 5.53. The van der Waals surface area contributed by atoms with Gasteiger partial charge in [0, 0.05) is 10.5 Å². The number of halogens is 1. The fourth-order valence-corrected chi connectivity index (χ4v) is 4.23. The number of rotatable bonds is 2. The lowest BCUT2D eigenvalue weighted by molar-refractivity contribution is 0.0914. The van der Waals surface area contributed by atoms with Crippen molar-refractivity contribution < 1.29 is 4.79 Å². The lowest BCUT2D eigenvalue weighted by Crippen LogP contribution is -2.39. The van der Waals surface area contributed by atoms with Crippen LogP contribution in [-0.4, -0.2) is 11.9 Å². The summed E-state index contributed by atoms with van der Waals surface area (Å²) in [4.78, 5) is 12.9. The summed E-state index contributed by atoms with van der Waals surface area (Å²) < 4.78 is 0.900. The molecule has 0 saturated heterocycles. The van der Waals surface area contributed by atoms with Crippen molar-refractivity contribution in [2.24, 2.45) is 11.8 Å². The van der Waals surface area contributed by atoms with Crippen LogP contribution >= 0.6 is 27.3 Å². The van der Waals surface area contributed by atoms with Gasteiger partial charge in [-0.2, -0.15) is 0 Å². The number of nitrogens with one attached hydrogen (secondary N) is 1. The van der Waals surface area contributed by atoms with Gasteiger partial charge in [0.1, 0.15) is 4.88 Å². The number of carbonyl (C=O) groups excluding carboxylic acids is 1. The summed E-state index contributed by atoms with van der Waals surface area (Å²) in [6, 6.07) is 2.27. The zero-order chi connectivity index (χ0) is 12.4. The SMILES string of the molecule is CC1CC(C)CC(NC(=O)c2sccc2Br)C1. The molecule has 2 rings (SSSR count). The molecule has 4 heteroatoms. The zero-order valence-electron chi connectivity index (χ0n) is 10.2. The number of amides is 1. The largest absolute Gasteiger partial charge is 0.349 e. The molecule has 1 fully saturated rings. The maximum absolute atomic E-state index is 12.1. The van der Waals surface area contributed by atoms with Gasteiger partial charge in [-0.1, -0.05) is 13.8 Å². The molecular formula is C13H18BrNOS. The summed E-state index contributed by atoms with van der Waals surface area (Å²) in [6.45, 7) is 4.55. The first-order valence-corrected chi connectivity index (χ1v) is 7.77. The van der Waals surface area contributed by atoms with E-state index >= 15 is 0 Å². The van der Waals surface area contributed by atoms with Crippen molar-refractivity contribution >= 4 is 33.2 Å². The molecule has 2 nitrogen and oxygen atoms in total. The molecule has 1 saturated carbocycles. The molecular weight excluding hydrogens is 298 g/mol. The van der Waals surface area contributed by atoms with Crippen LogP contribution in [0.5, 0.6) is 0 Å². The quantitative estimate of drug-likeness (QED) is 0.876. The Kier molecular flexibility index (Phi) is 4.26. The highest BCUT2D eigenvalue weighted by molar-refractivity contribution is 9.10. The summed E-state index contributed by atoms with van der Waals surface area (Å²) in [7, 11) is 0. The van der Waals surface area contributed by atoms with Gasteiger partial charge >= 0.3 is 0 Å². The Balaban J connectivity index is 1.97. The molecule has 1 aliphatic carbocycles. The average molecular weight is 316 g/mol. The molecule has 0 bridgehead atoms. The van der Waals surface area contributed by atoms with Gasteiger partial charge in [0.2, 0.25) is 0 Å². The van der Waals surface area contributed by atoms with Gasteiger partial charge in [0.25, 0.3) is 5.91 Å². The monoisotopic (exact) mass is 315 g/mol. The standard InChI is InChI=1S/C13H18BrNOS/c1-8-5-9(2)7-10(6-8)15-13(16)12-11(14)3-4-17-12/h3-4,8-10H,5-7H2,1-2H3,(H,15,16). The van der Waals surface area contributed by atoms with Crippen LogP contribution in [0.25, 0.3) is 0 Å². The van der Waals surface area contributed by atoms with Gasteiger partial charge in [-0.3, -0.25) is 4.79 Å². The molecule has 94 valence electrons. The molecule has 1 amide bonds. The predicted molar refractivity (Wildman–Crippen MR) is 75.5 cm³/mol. The minimum atomic E-state index is 0.0678. The Morgan fingerprint density at radius 1 is 1.35 bits per heavy atom. The van der Waals surface area contributed by atoms with Gasteiger partial charge in [-0.05, 0) is 58.5 Å². The molecule has 17 heavy (non-hydrogen) atoms. The fourth-order valence-electron chi connectivity index (χ4n) is 2.77. The number of carbonyl (C=O) groups is 1. The summed E-state index contributed by atoms with van der Waals surface area (Å²) in [5.74, 6) is 1.50. The zero-order valence-corrected chi connectivity index (χ0v) is 12.6. The van der Waals surface area contributed by atoms with Crippen LogP contribution in [0.15, 0.2) is 15.9 Å². The van der Waals surface area contributed by atoms with E-state index in [0.29, 0.717) is 6.04 Å². The van der Waals surface area contributed by atoms with Gasteiger partial charge in [0.15, 0.2) is 0 Å². The third-order valence-electron chi connectivity index (χ3n) is 3.34. The minimum absolute atomic E-state index is 0.0678. The average Bonchev–Trinajstić information content (AvgIpc) is 2.62. The van der Waals surface area contributed by atoms with E-state index in [-0.39, 0.29) is 5.91 Å². The summed E-state index contributed by atoms with van der Waals surface area (Å²) in [5, 5.41) is 5.10. The molecule has 1 aromatic heterocycles. The molecule has 2 unspecified atom stereocenters. The maximum Gasteiger partial charge on any atom is 0.262 e. The second-order valence-electron chi connectivity index (χ2n) is 5.19. The Bertz CT molecular complexity index is 394. The van der Waals surface area contributed by atoms with Gasteiger partial charge < -0.3 is 5.32 Å². The summed E-state index contributed by atoms with van der Waals surface area (Å²) in [5.41, 5.74) is 0. The third kappa shape index (κ3) is 3.32. The lowest BCUT2D eigenvalue weighted by atomic mass is 9.80. The van der Waals surface area contributed by atoms with E-state index in [2.05, 4.69) is 35.1 Å². The molecule has 1 N–H and O–H groups in total. The highest BCUT2D eigenvalue weighted by Crippen LogP contribution is 2.29. The predicted octanol–water partition coefficient (Wildman–Crippen LogP) is 4.07. The van der Waals surface area contributed by atoms with Crippen LogP contribution < -0.4 is 5.32 Å². The number of hydrogen-bond acceptors (Lipinski definition) is 2. The molecule has 1 aliphatic rings. The van der Waals surface area contributed by atoms with Gasteiger partial charge in [0.05, 0.1) is 0 Å². The van der Waals surface area contributed by atoms with Crippen molar-refractivity contribution in [1.82, 2.24) is 5.32 Å². The topological polar surface area (TPSA) is 29.1 Å². The van der Waals surface area contributed by atoms with E-state index in [1.54, 1.807) is 0 Å². The molecule has 0 spiro atoms. The molecule has 0 aliphatic heterocycles. The van der Waals surface area contributed by atoms with Gasteiger partial charge in [-0.15, -0.1) is 11.3 Å². The van der Waals surface area contributed by atoms with Crippen molar-refractivity contribution in [3.63, 3.8) is 0 Å². The van der Waals surface area contributed by atoms with Crippen LogP contribution in [0.3, 0.4) is 0 Å². The number of thiophene rings is 1. The van der Waals surface area contributed by atoms with Crippen LogP contribution in [0.2, 0.25) is 0 Å². The Labute approximate surface area is 115 Å². The summed E-state index contributed by atoms with van der Waals surface area (Å²) >= 11 is 4.89.